The standard InChI is InChI=1S/C12H18ClN3O/c1-8(2)17-10-6-9(3)14-11(15-10)16-12(7-13)4-5-12/h6,8H,4-5,7H2,1-3H3,(H,14,15,16). The molecule has 5 heteroatoms. The maximum absolute atomic E-state index is 5.92. The summed E-state index contributed by atoms with van der Waals surface area (Å²) in [7, 11) is 0. The Labute approximate surface area is 107 Å². The lowest BCUT2D eigenvalue weighted by atomic mass is 10.3. The summed E-state index contributed by atoms with van der Waals surface area (Å²) in [4.78, 5) is 8.70. The number of aryl methyl sites for hydroxylation is 1. The van der Waals surface area contributed by atoms with Crippen LogP contribution in [0.15, 0.2) is 6.07 Å². The van der Waals surface area contributed by atoms with Crippen LogP contribution in [0.3, 0.4) is 0 Å². The van der Waals surface area contributed by atoms with Crippen LogP contribution in [-0.2, 0) is 0 Å². The van der Waals surface area contributed by atoms with Crippen molar-refractivity contribution in [3.8, 4) is 5.88 Å². The first-order chi connectivity index (χ1) is 8.03. The van der Waals surface area contributed by atoms with Crippen molar-refractivity contribution in [1.29, 1.82) is 0 Å². The molecule has 4 nitrogen and oxygen atoms in total. The predicted molar refractivity (Wildman–Crippen MR) is 68.8 cm³/mol. The van der Waals surface area contributed by atoms with Gasteiger partial charge in [0.1, 0.15) is 0 Å². The van der Waals surface area contributed by atoms with Crippen molar-refractivity contribution >= 4 is 17.5 Å². The van der Waals surface area contributed by atoms with E-state index in [1.807, 2.05) is 26.8 Å². The Morgan fingerprint density at radius 3 is 2.71 bits per heavy atom. The van der Waals surface area contributed by atoms with Gasteiger partial charge in [-0.25, -0.2) is 4.98 Å². The van der Waals surface area contributed by atoms with E-state index in [9.17, 15) is 0 Å². The molecule has 0 spiro atoms. The molecule has 17 heavy (non-hydrogen) atoms. The number of nitrogens with one attached hydrogen (secondary N) is 1. The van der Waals surface area contributed by atoms with Crippen LogP contribution in [0, 0.1) is 6.92 Å². The fourth-order valence-corrected chi connectivity index (χ4v) is 1.91. The lowest BCUT2D eigenvalue weighted by Gasteiger charge is -2.16. The average Bonchev–Trinajstić information content (AvgIpc) is 2.96. The van der Waals surface area contributed by atoms with E-state index in [0.717, 1.165) is 18.5 Å². The molecule has 0 atom stereocenters. The molecule has 0 amide bonds. The van der Waals surface area contributed by atoms with Crippen molar-refractivity contribution in [2.45, 2.75) is 45.3 Å². The normalized spacial score (nSPS) is 17.0. The molecule has 1 aromatic rings. The van der Waals surface area contributed by atoms with Gasteiger partial charge < -0.3 is 10.1 Å². The summed E-state index contributed by atoms with van der Waals surface area (Å²) in [5.74, 6) is 1.81. The molecule has 1 N–H and O–H groups in total. The molecule has 1 aromatic heterocycles. The lowest BCUT2D eigenvalue weighted by molar-refractivity contribution is 0.232. The average molecular weight is 256 g/mol. The Morgan fingerprint density at radius 2 is 2.18 bits per heavy atom. The summed E-state index contributed by atoms with van der Waals surface area (Å²) in [5.41, 5.74) is 0.897. The van der Waals surface area contributed by atoms with Crippen LogP contribution in [0.5, 0.6) is 5.88 Å². The van der Waals surface area contributed by atoms with Gasteiger partial charge in [0.05, 0.1) is 11.6 Å². The first kappa shape index (κ1) is 12.4. The van der Waals surface area contributed by atoms with Crippen LogP contribution < -0.4 is 10.1 Å². The van der Waals surface area contributed by atoms with Gasteiger partial charge in [-0.3, -0.25) is 0 Å². The second-order valence-electron chi connectivity index (χ2n) is 4.88. The maximum atomic E-state index is 5.92. The first-order valence-corrected chi connectivity index (χ1v) is 6.43. The van der Waals surface area contributed by atoms with E-state index < -0.39 is 0 Å². The van der Waals surface area contributed by atoms with Crippen LogP contribution in [0.25, 0.3) is 0 Å². The highest BCUT2D eigenvalue weighted by molar-refractivity contribution is 6.19. The molecule has 0 radical (unpaired) electrons. The Kier molecular flexibility index (Phi) is 3.43. The van der Waals surface area contributed by atoms with E-state index in [1.165, 1.54) is 0 Å². The third kappa shape index (κ3) is 3.22. The van der Waals surface area contributed by atoms with Gasteiger partial charge in [-0.1, -0.05) is 0 Å². The minimum absolute atomic E-state index is 0.00441. The summed E-state index contributed by atoms with van der Waals surface area (Å²) in [6, 6.07) is 1.84. The number of aromatic nitrogens is 2. The molecule has 2 rings (SSSR count). The predicted octanol–water partition coefficient (Wildman–Crippen LogP) is 2.76. The number of hydrogen-bond donors (Lipinski definition) is 1. The van der Waals surface area contributed by atoms with E-state index in [1.54, 1.807) is 0 Å². The summed E-state index contributed by atoms with van der Waals surface area (Å²) in [6.45, 7) is 5.89. The van der Waals surface area contributed by atoms with Crippen molar-refractivity contribution in [2.24, 2.45) is 0 Å². The van der Waals surface area contributed by atoms with Gasteiger partial charge in [-0.05, 0) is 33.6 Å². The fourth-order valence-electron chi connectivity index (χ4n) is 1.58. The highest BCUT2D eigenvalue weighted by atomic mass is 35.5. The molecule has 0 aromatic carbocycles. The highest BCUT2D eigenvalue weighted by Gasteiger charge is 2.42. The van der Waals surface area contributed by atoms with Gasteiger partial charge in [0.25, 0.3) is 0 Å². The maximum Gasteiger partial charge on any atom is 0.226 e. The van der Waals surface area contributed by atoms with Crippen LogP contribution in [0.2, 0.25) is 0 Å². The summed E-state index contributed by atoms with van der Waals surface area (Å²) in [5, 5.41) is 3.30. The number of rotatable bonds is 5. The molecule has 0 bridgehead atoms. The molecule has 1 aliphatic rings. The monoisotopic (exact) mass is 255 g/mol. The van der Waals surface area contributed by atoms with Crippen molar-refractivity contribution < 1.29 is 4.74 Å². The quantitative estimate of drug-likeness (QED) is 0.822. The number of halogens is 1. The van der Waals surface area contributed by atoms with Crippen molar-refractivity contribution in [1.82, 2.24) is 9.97 Å². The van der Waals surface area contributed by atoms with Crippen LogP contribution in [0.1, 0.15) is 32.4 Å². The fraction of sp³-hybridized carbons (Fsp3) is 0.667. The van der Waals surface area contributed by atoms with Gasteiger partial charge in [-0.15, -0.1) is 11.6 Å². The number of ether oxygens (including phenoxy) is 1. The number of alkyl halides is 1. The molecule has 1 fully saturated rings. The highest BCUT2D eigenvalue weighted by Crippen LogP contribution is 2.39. The zero-order valence-electron chi connectivity index (χ0n) is 10.5. The van der Waals surface area contributed by atoms with Crippen molar-refractivity contribution in [3.05, 3.63) is 11.8 Å². The van der Waals surface area contributed by atoms with E-state index in [2.05, 4.69) is 15.3 Å². The Hall–Kier alpha value is -1.03. The number of nitrogens with zero attached hydrogens (tertiary/aromatic N) is 2. The minimum Gasteiger partial charge on any atom is -0.475 e. The molecule has 0 aliphatic heterocycles. The lowest BCUT2D eigenvalue weighted by Crippen LogP contribution is -2.24. The molecular weight excluding hydrogens is 238 g/mol. The first-order valence-electron chi connectivity index (χ1n) is 5.89. The van der Waals surface area contributed by atoms with Gasteiger partial charge in [0.15, 0.2) is 0 Å². The van der Waals surface area contributed by atoms with Crippen molar-refractivity contribution in [2.75, 3.05) is 11.2 Å². The smallest absolute Gasteiger partial charge is 0.226 e. The molecular formula is C12H18ClN3O. The molecule has 1 saturated carbocycles. The van der Waals surface area contributed by atoms with Gasteiger partial charge >= 0.3 is 0 Å². The SMILES string of the molecule is Cc1cc(OC(C)C)nc(NC2(CCl)CC2)n1. The number of hydrogen-bond acceptors (Lipinski definition) is 4. The van der Waals surface area contributed by atoms with E-state index in [0.29, 0.717) is 17.7 Å². The zero-order chi connectivity index (χ0) is 12.5. The Balaban J connectivity index is 2.14. The van der Waals surface area contributed by atoms with Crippen LogP contribution in [-0.4, -0.2) is 27.5 Å². The largest absolute Gasteiger partial charge is 0.475 e. The molecule has 94 valence electrons. The summed E-state index contributed by atoms with van der Waals surface area (Å²) >= 11 is 5.92. The number of anilines is 1. The summed E-state index contributed by atoms with van der Waals surface area (Å²) in [6.07, 6.45) is 2.27. The van der Waals surface area contributed by atoms with E-state index >= 15 is 0 Å². The molecule has 0 saturated heterocycles. The van der Waals surface area contributed by atoms with E-state index in [-0.39, 0.29) is 11.6 Å². The molecule has 1 heterocycles. The molecule has 1 aliphatic carbocycles. The van der Waals surface area contributed by atoms with E-state index in [4.69, 9.17) is 16.3 Å². The third-order valence-electron chi connectivity index (χ3n) is 2.67. The molecule has 0 unspecified atom stereocenters. The van der Waals surface area contributed by atoms with Gasteiger partial charge in [0.2, 0.25) is 11.8 Å². The Morgan fingerprint density at radius 1 is 1.47 bits per heavy atom. The van der Waals surface area contributed by atoms with Crippen LogP contribution >= 0.6 is 11.6 Å². The topological polar surface area (TPSA) is 47.0 Å². The summed E-state index contributed by atoms with van der Waals surface area (Å²) < 4.78 is 5.58. The Bertz CT molecular complexity index is 405. The zero-order valence-corrected chi connectivity index (χ0v) is 11.2. The van der Waals surface area contributed by atoms with Crippen molar-refractivity contribution in [3.63, 3.8) is 0 Å². The van der Waals surface area contributed by atoms with Gasteiger partial charge in [-0.2, -0.15) is 4.98 Å². The van der Waals surface area contributed by atoms with Crippen LogP contribution in [0.4, 0.5) is 5.95 Å². The minimum atomic E-state index is 0.00441. The second kappa shape index (κ2) is 4.69. The second-order valence-corrected chi connectivity index (χ2v) is 5.14. The third-order valence-corrected chi connectivity index (χ3v) is 3.19. The van der Waals surface area contributed by atoms with Gasteiger partial charge in [0, 0.05) is 17.6 Å².